The minimum atomic E-state index is 0.898. The standard InChI is InChI=1S/C18H23N/c1-5-16-8-6-7-9-18(16)19-12-17-14(3)10-13(2)11-15(17)4/h6-11,19H,5,12H2,1-4H3. The second kappa shape index (κ2) is 5.92. The normalized spacial score (nSPS) is 10.5. The van der Waals surface area contributed by atoms with Crippen LogP contribution in [0.3, 0.4) is 0 Å². The van der Waals surface area contributed by atoms with E-state index >= 15 is 0 Å². The van der Waals surface area contributed by atoms with Crippen LogP contribution in [-0.4, -0.2) is 0 Å². The molecule has 1 nitrogen and oxygen atoms in total. The highest BCUT2D eigenvalue weighted by Crippen LogP contribution is 2.20. The van der Waals surface area contributed by atoms with Crippen LogP contribution < -0.4 is 5.32 Å². The summed E-state index contributed by atoms with van der Waals surface area (Å²) in [5, 5.41) is 3.58. The molecule has 0 bridgehead atoms. The van der Waals surface area contributed by atoms with Gasteiger partial charge in [-0.3, -0.25) is 0 Å². The minimum Gasteiger partial charge on any atom is -0.381 e. The van der Waals surface area contributed by atoms with Gasteiger partial charge in [-0.15, -0.1) is 0 Å². The second-order valence-corrected chi connectivity index (χ2v) is 5.24. The lowest BCUT2D eigenvalue weighted by atomic mass is 9.99. The zero-order valence-corrected chi connectivity index (χ0v) is 12.4. The summed E-state index contributed by atoms with van der Waals surface area (Å²) in [6.07, 6.45) is 1.06. The topological polar surface area (TPSA) is 12.0 Å². The van der Waals surface area contributed by atoms with E-state index in [0.717, 1.165) is 13.0 Å². The first-order valence-corrected chi connectivity index (χ1v) is 7.00. The SMILES string of the molecule is CCc1ccccc1NCc1c(C)cc(C)cc1C. The summed E-state index contributed by atoms with van der Waals surface area (Å²) < 4.78 is 0. The number of anilines is 1. The maximum atomic E-state index is 3.58. The smallest absolute Gasteiger partial charge is 0.0406 e. The molecule has 0 radical (unpaired) electrons. The first kappa shape index (κ1) is 13.7. The van der Waals surface area contributed by atoms with Gasteiger partial charge >= 0.3 is 0 Å². The molecule has 0 heterocycles. The molecule has 2 rings (SSSR count). The molecule has 0 fully saturated rings. The summed E-state index contributed by atoms with van der Waals surface area (Å²) >= 11 is 0. The predicted octanol–water partition coefficient (Wildman–Crippen LogP) is 4.79. The molecule has 2 aromatic carbocycles. The fourth-order valence-electron chi connectivity index (χ4n) is 2.67. The van der Waals surface area contributed by atoms with E-state index in [0.29, 0.717) is 0 Å². The van der Waals surface area contributed by atoms with Gasteiger partial charge in [0.05, 0.1) is 0 Å². The van der Waals surface area contributed by atoms with Crippen molar-refractivity contribution in [3.63, 3.8) is 0 Å². The molecular formula is C18H23N. The number of nitrogens with one attached hydrogen (secondary N) is 1. The molecule has 0 atom stereocenters. The Balaban J connectivity index is 2.19. The maximum Gasteiger partial charge on any atom is 0.0406 e. The minimum absolute atomic E-state index is 0.898. The van der Waals surface area contributed by atoms with Gasteiger partial charge < -0.3 is 5.32 Å². The van der Waals surface area contributed by atoms with Crippen LogP contribution in [-0.2, 0) is 13.0 Å². The Hall–Kier alpha value is -1.76. The largest absolute Gasteiger partial charge is 0.381 e. The molecule has 0 aliphatic carbocycles. The third-order valence-electron chi connectivity index (χ3n) is 3.69. The second-order valence-electron chi connectivity index (χ2n) is 5.24. The predicted molar refractivity (Wildman–Crippen MR) is 83.8 cm³/mol. The van der Waals surface area contributed by atoms with Crippen molar-refractivity contribution in [2.75, 3.05) is 5.32 Å². The first-order chi connectivity index (χ1) is 9.11. The molecule has 1 heteroatoms. The Morgan fingerprint density at radius 1 is 0.947 bits per heavy atom. The van der Waals surface area contributed by atoms with Crippen LogP contribution >= 0.6 is 0 Å². The van der Waals surface area contributed by atoms with E-state index in [9.17, 15) is 0 Å². The summed E-state index contributed by atoms with van der Waals surface area (Å²) in [4.78, 5) is 0. The lowest BCUT2D eigenvalue weighted by molar-refractivity contribution is 1.06. The number of aryl methyl sites for hydroxylation is 4. The summed E-state index contributed by atoms with van der Waals surface area (Å²) in [7, 11) is 0. The van der Waals surface area contributed by atoms with Crippen LogP contribution in [0.2, 0.25) is 0 Å². The van der Waals surface area contributed by atoms with E-state index < -0.39 is 0 Å². The van der Waals surface area contributed by atoms with E-state index in [4.69, 9.17) is 0 Å². The van der Waals surface area contributed by atoms with Gasteiger partial charge in [0.15, 0.2) is 0 Å². The monoisotopic (exact) mass is 253 g/mol. The summed E-state index contributed by atoms with van der Waals surface area (Å²) in [5.74, 6) is 0. The molecule has 1 N–H and O–H groups in total. The Labute approximate surface area is 116 Å². The average molecular weight is 253 g/mol. The third-order valence-corrected chi connectivity index (χ3v) is 3.69. The van der Waals surface area contributed by atoms with Gasteiger partial charge in [-0.25, -0.2) is 0 Å². The number of hydrogen-bond acceptors (Lipinski definition) is 1. The van der Waals surface area contributed by atoms with Crippen LogP contribution in [0, 0.1) is 20.8 Å². The molecule has 0 aromatic heterocycles. The van der Waals surface area contributed by atoms with Crippen molar-refractivity contribution in [2.24, 2.45) is 0 Å². The van der Waals surface area contributed by atoms with E-state index in [1.165, 1.54) is 33.5 Å². The molecule has 2 aromatic rings. The fourth-order valence-corrected chi connectivity index (χ4v) is 2.67. The van der Waals surface area contributed by atoms with Crippen LogP contribution in [0.5, 0.6) is 0 Å². The van der Waals surface area contributed by atoms with Crippen molar-refractivity contribution < 1.29 is 0 Å². The highest BCUT2D eigenvalue weighted by molar-refractivity contribution is 5.52. The first-order valence-electron chi connectivity index (χ1n) is 7.00. The van der Waals surface area contributed by atoms with Crippen molar-refractivity contribution in [1.82, 2.24) is 0 Å². The number of rotatable bonds is 4. The number of para-hydroxylation sites is 1. The van der Waals surface area contributed by atoms with Gasteiger partial charge in [-0.05, 0) is 55.5 Å². The van der Waals surface area contributed by atoms with E-state index in [-0.39, 0.29) is 0 Å². The number of benzene rings is 2. The molecule has 0 unspecified atom stereocenters. The Kier molecular flexibility index (Phi) is 4.26. The molecule has 19 heavy (non-hydrogen) atoms. The van der Waals surface area contributed by atoms with Gasteiger partial charge in [0.2, 0.25) is 0 Å². The quantitative estimate of drug-likeness (QED) is 0.826. The molecule has 0 aliphatic heterocycles. The summed E-state index contributed by atoms with van der Waals surface area (Å²) in [6, 6.07) is 13.1. The van der Waals surface area contributed by atoms with Gasteiger partial charge in [-0.2, -0.15) is 0 Å². The third kappa shape index (κ3) is 3.17. The fraction of sp³-hybridized carbons (Fsp3) is 0.333. The van der Waals surface area contributed by atoms with Crippen LogP contribution in [0.15, 0.2) is 36.4 Å². The lowest BCUT2D eigenvalue weighted by Crippen LogP contribution is -2.05. The van der Waals surface area contributed by atoms with E-state index in [1.807, 2.05) is 0 Å². The highest BCUT2D eigenvalue weighted by atomic mass is 14.9. The van der Waals surface area contributed by atoms with Gasteiger partial charge in [0, 0.05) is 12.2 Å². The van der Waals surface area contributed by atoms with Crippen molar-refractivity contribution in [2.45, 2.75) is 40.7 Å². The van der Waals surface area contributed by atoms with Crippen LogP contribution in [0.25, 0.3) is 0 Å². The molecule has 0 amide bonds. The number of hydrogen-bond donors (Lipinski definition) is 1. The van der Waals surface area contributed by atoms with Crippen molar-refractivity contribution in [3.05, 3.63) is 64.2 Å². The molecule has 0 aliphatic rings. The van der Waals surface area contributed by atoms with Crippen molar-refractivity contribution in [1.29, 1.82) is 0 Å². The molecule has 0 saturated carbocycles. The van der Waals surface area contributed by atoms with Crippen LogP contribution in [0.4, 0.5) is 5.69 Å². The zero-order chi connectivity index (χ0) is 13.8. The maximum absolute atomic E-state index is 3.58. The van der Waals surface area contributed by atoms with Crippen LogP contribution in [0.1, 0.15) is 34.7 Å². The highest BCUT2D eigenvalue weighted by Gasteiger charge is 2.05. The van der Waals surface area contributed by atoms with E-state index in [2.05, 4.69) is 69.4 Å². The Morgan fingerprint density at radius 3 is 2.21 bits per heavy atom. The molecule has 0 saturated heterocycles. The Morgan fingerprint density at radius 2 is 1.58 bits per heavy atom. The van der Waals surface area contributed by atoms with Gasteiger partial charge in [0.1, 0.15) is 0 Å². The van der Waals surface area contributed by atoms with E-state index in [1.54, 1.807) is 0 Å². The summed E-state index contributed by atoms with van der Waals surface area (Å²) in [6.45, 7) is 9.65. The van der Waals surface area contributed by atoms with Crippen molar-refractivity contribution in [3.8, 4) is 0 Å². The molecular weight excluding hydrogens is 230 g/mol. The van der Waals surface area contributed by atoms with Crippen molar-refractivity contribution >= 4 is 5.69 Å². The van der Waals surface area contributed by atoms with Gasteiger partial charge in [-0.1, -0.05) is 42.8 Å². The zero-order valence-electron chi connectivity index (χ0n) is 12.4. The van der Waals surface area contributed by atoms with Gasteiger partial charge in [0.25, 0.3) is 0 Å². The lowest BCUT2D eigenvalue weighted by Gasteiger charge is -2.15. The average Bonchev–Trinajstić information content (AvgIpc) is 2.38. The molecule has 0 spiro atoms. The summed E-state index contributed by atoms with van der Waals surface area (Å²) in [5.41, 5.74) is 8.14. The molecule has 100 valence electrons. The Bertz CT molecular complexity index is 547.